The number of hydrogen-bond acceptors (Lipinski definition) is 4. The van der Waals surface area contributed by atoms with Crippen LogP contribution < -0.4 is 10.1 Å². The van der Waals surface area contributed by atoms with Crippen LogP contribution >= 0.6 is 0 Å². The molecule has 0 bridgehead atoms. The van der Waals surface area contributed by atoms with Gasteiger partial charge in [0.2, 0.25) is 0 Å². The fourth-order valence-corrected chi connectivity index (χ4v) is 3.78. The molecule has 6 nitrogen and oxygen atoms in total. The number of benzene rings is 2. The van der Waals surface area contributed by atoms with Gasteiger partial charge in [-0.05, 0) is 48.0 Å². The highest BCUT2D eigenvalue weighted by Gasteiger charge is 2.19. The van der Waals surface area contributed by atoms with E-state index < -0.39 is 0 Å². The number of halogens is 1. The van der Waals surface area contributed by atoms with Crippen molar-refractivity contribution in [1.82, 2.24) is 14.5 Å². The van der Waals surface area contributed by atoms with E-state index in [0.29, 0.717) is 29.4 Å². The normalized spacial score (nSPS) is 10.9. The highest BCUT2D eigenvalue weighted by atomic mass is 19.1. The molecule has 1 amide bonds. The molecule has 3 heterocycles. The number of amides is 1. The SMILES string of the molecule is O=C(Nc1ncccc1OCc1ccncc1)c1cc2ccccc2n1Cc1ccccc1F. The highest BCUT2D eigenvalue weighted by Crippen LogP contribution is 2.26. The molecule has 0 unspecified atom stereocenters. The Hall–Kier alpha value is -4.52. The van der Waals surface area contributed by atoms with Gasteiger partial charge in [-0.25, -0.2) is 9.37 Å². The number of rotatable bonds is 7. The molecule has 0 atom stereocenters. The lowest BCUT2D eigenvalue weighted by Gasteiger charge is -2.14. The van der Waals surface area contributed by atoms with Crippen molar-refractivity contribution in [3.05, 3.63) is 120 Å². The van der Waals surface area contributed by atoms with E-state index in [1.54, 1.807) is 55.0 Å². The lowest BCUT2D eigenvalue weighted by Crippen LogP contribution is -2.19. The first kappa shape index (κ1) is 21.3. The van der Waals surface area contributed by atoms with E-state index in [1.807, 2.05) is 41.0 Å². The first-order chi connectivity index (χ1) is 16.7. The average molecular weight is 452 g/mol. The van der Waals surface area contributed by atoms with Crippen molar-refractivity contribution < 1.29 is 13.9 Å². The topological polar surface area (TPSA) is 69.0 Å². The van der Waals surface area contributed by atoms with Gasteiger partial charge in [0.15, 0.2) is 11.6 Å². The van der Waals surface area contributed by atoms with Gasteiger partial charge in [0, 0.05) is 35.1 Å². The van der Waals surface area contributed by atoms with Gasteiger partial charge >= 0.3 is 0 Å². The van der Waals surface area contributed by atoms with Crippen molar-refractivity contribution >= 4 is 22.6 Å². The standard InChI is InChI=1S/C27H21FN4O2/c28-22-8-3-1-7-21(22)17-32-23-9-4-2-6-20(23)16-24(32)27(33)31-26-25(10-5-13-30-26)34-18-19-11-14-29-15-12-19/h1-16H,17-18H2,(H,30,31,33). The summed E-state index contributed by atoms with van der Waals surface area (Å²) < 4.78 is 22.1. The van der Waals surface area contributed by atoms with Crippen molar-refractivity contribution in [1.29, 1.82) is 0 Å². The van der Waals surface area contributed by atoms with Crippen LogP contribution in [0.2, 0.25) is 0 Å². The van der Waals surface area contributed by atoms with Gasteiger partial charge in [0.1, 0.15) is 18.1 Å². The second kappa shape index (κ2) is 9.54. The summed E-state index contributed by atoms with van der Waals surface area (Å²) in [6.07, 6.45) is 4.97. The number of anilines is 1. The van der Waals surface area contributed by atoms with Crippen molar-refractivity contribution in [3.8, 4) is 5.75 Å². The molecule has 5 rings (SSSR count). The first-order valence-electron chi connectivity index (χ1n) is 10.8. The van der Waals surface area contributed by atoms with Crippen LogP contribution in [-0.2, 0) is 13.2 Å². The van der Waals surface area contributed by atoms with E-state index in [1.165, 1.54) is 6.07 Å². The molecule has 7 heteroatoms. The third kappa shape index (κ3) is 4.49. The summed E-state index contributed by atoms with van der Waals surface area (Å²) in [5.41, 5.74) is 2.68. The fourth-order valence-electron chi connectivity index (χ4n) is 3.78. The van der Waals surface area contributed by atoms with Crippen molar-refractivity contribution in [2.24, 2.45) is 0 Å². The Morgan fingerprint density at radius 3 is 2.59 bits per heavy atom. The van der Waals surface area contributed by atoms with Gasteiger partial charge in [-0.2, -0.15) is 0 Å². The summed E-state index contributed by atoms with van der Waals surface area (Å²) >= 11 is 0. The van der Waals surface area contributed by atoms with Crippen LogP contribution in [0.3, 0.4) is 0 Å². The molecule has 3 aromatic heterocycles. The molecule has 0 fully saturated rings. The molecule has 1 N–H and O–H groups in total. The van der Waals surface area contributed by atoms with E-state index in [2.05, 4.69) is 15.3 Å². The first-order valence-corrected chi connectivity index (χ1v) is 10.8. The Kier molecular flexibility index (Phi) is 5.99. The van der Waals surface area contributed by atoms with Crippen molar-refractivity contribution in [3.63, 3.8) is 0 Å². The van der Waals surface area contributed by atoms with Gasteiger partial charge in [0.25, 0.3) is 5.91 Å². The Morgan fingerprint density at radius 1 is 0.941 bits per heavy atom. The summed E-state index contributed by atoms with van der Waals surface area (Å²) in [7, 11) is 0. The van der Waals surface area contributed by atoms with Crippen LogP contribution in [0.1, 0.15) is 21.6 Å². The average Bonchev–Trinajstić information content (AvgIpc) is 3.24. The molecule has 34 heavy (non-hydrogen) atoms. The number of ether oxygens (including phenoxy) is 1. The lowest BCUT2D eigenvalue weighted by molar-refractivity contribution is 0.101. The van der Waals surface area contributed by atoms with Gasteiger partial charge in [-0.1, -0.05) is 36.4 Å². The second-order valence-electron chi connectivity index (χ2n) is 7.71. The zero-order chi connectivity index (χ0) is 23.3. The summed E-state index contributed by atoms with van der Waals surface area (Å²) in [6, 6.07) is 23.2. The molecule has 2 aromatic carbocycles. The largest absolute Gasteiger partial charge is 0.485 e. The molecule has 0 aliphatic rings. The zero-order valence-electron chi connectivity index (χ0n) is 18.2. The van der Waals surface area contributed by atoms with E-state index >= 15 is 0 Å². The quantitative estimate of drug-likeness (QED) is 0.357. The second-order valence-corrected chi connectivity index (χ2v) is 7.71. The van der Waals surface area contributed by atoms with Gasteiger partial charge < -0.3 is 14.6 Å². The number of para-hydroxylation sites is 1. The van der Waals surface area contributed by atoms with E-state index in [9.17, 15) is 9.18 Å². The zero-order valence-corrected chi connectivity index (χ0v) is 18.2. The Morgan fingerprint density at radius 2 is 1.74 bits per heavy atom. The lowest BCUT2D eigenvalue weighted by atomic mass is 10.2. The number of nitrogens with one attached hydrogen (secondary N) is 1. The monoisotopic (exact) mass is 452 g/mol. The number of hydrogen-bond donors (Lipinski definition) is 1. The van der Waals surface area contributed by atoms with Crippen LogP contribution in [0.4, 0.5) is 10.2 Å². The molecule has 0 saturated heterocycles. The van der Waals surface area contributed by atoms with Gasteiger partial charge in [0.05, 0.1) is 6.54 Å². The molecule has 0 radical (unpaired) electrons. The van der Waals surface area contributed by atoms with Crippen molar-refractivity contribution in [2.45, 2.75) is 13.2 Å². The van der Waals surface area contributed by atoms with E-state index in [-0.39, 0.29) is 18.3 Å². The highest BCUT2D eigenvalue weighted by molar-refractivity contribution is 6.06. The summed E-state index contributed by atoms with van der Waals surface area (Å²) in [5, 5.41) is 3.75. The maximum Gasteiger partial charge on any atom is 0.273 e. The third-order valence-corrected chi connectivity index (χ3v) is 5.48. The van der Waals surface area contributed by atoms with Crippen LogP contribution in [0, 0.1) is 5.82 Å². The molecule has 0 aliphatic heterocycles. The molecule has 0 saturated carbocycles. The molecule has 0 aliphatic carbocycles. The summed E-state index contributed by atoms with van der Waals surface area (Å²) in [4.78, 5) is 21.7. The number of fused-ring (bicyclic) bond motifs is 1. The Bertz CT molecular complexity index is 1450. The van der Waals surface area contributed by atoms with Crippen LogP contribution in [0.15, 0.2) is 97.5 Å². The molecule has 168 valence electrons. The smallest absolute Gasteiger partial charge is 0.273 e. The molecule has 0 spiro atoms. The third-order valence-electron chi connectivity index (χ3n) is 5.48. The number of carbonyl (C=O) groups is 1. The Balaban J connectivity index is 1.44. The maximum atomic E-state index is 14.4. The molecular weight excluding hydrogens is 431 g/mol. The van der Waals surface area contributed by atoms with Gasteiger partial charge in [-0.3, -0.25) is 9.78 Å². The van der Waals surface area contributed by atoms with Crippen LogP contribution in [0.5, 0.6) is 5.75 Å². The molecular formula is C27H21FN4O2. The number of aromatic nitrogens is 3. The van der Waals surface area contributed by atoms with E-state index in [0.717, 1.165) is 16.5 Å². The number of pyridine rings is 2. The minimum Gasteiger partial charge on any atom is -0.485 e. The number of carbonyl (C=O) groups excluding carboxylic acids is 1. The predicted octanol–water partition coefficient (Wildman–Crippen LogP) is 5.45. The van der Waals surface area contributed by atoms with Gasteiger partial charge in [-0.15, -0.1) is 0 Å². The van der Waals surface area contributed by atoms with E-state index in [4.69, 9.17) is 4.74 Å². The summed E-state index contributed by atoms with van der Waals surface area (Å²) in [5.74, 6) is 0.0804. The predicted molar refractivity (Wildman–Crippen MR) is 128 cm³/mol. The Labute approximate surface area is 195 Å². The van der Waals surface area contributed by atoms with Crippen LogP contribution in [-0.4, -0.2) is 20.4 Å². The van der Waals surface area contributed by atoms with Crippen LogP contribution in [0.25, 0.3) is 10.9 Å². The number of nitrogens with zero attached hydrogens (tertiary/aromatic N) is 3. The minimum absolute atomic E-state index is 0.219. The maximum absolute atomic E-state index is 14.4. The van der Waals surface area contributed by atoms with Crippen molar-refractivity contribution in [2.75, 3.05) is 5.32 Å². The summed E-state index contributed by atoms with van der Waals surface area (Å²) in [6.45, 7) is 0.529. The molecule has 5 aromatic rings. The minimum atomic E-state index is -0.361. The fraction of sp³-hybridized carbons (Fsp3) is 0.0741.